The Morgan fingerprint density at radius 3 is 2.83 bits per heavy atom. The lowest BCUT2D eigenvalue weighted by molar-refractivity contribution is 0.860. The van der Waals surface area contributed by atoms with Crippen LogP contribution in [0.15, 0.2) is 34.5 Å². The zero-order valence-corrected chi connectivity index (χ0v) is 11.9. The van der Waals surface area contributed by atoms with Crippen LogP contribution in [-0.2, 0) is 0 Å². The van der Waals surface area contributed by atoms with Crippen molar-refractivity contribution < 1.29 is 0 Å². The van der Waals surface area contributed by atoms with Gasteiger partial charge >= 0.3 is 0 Å². The van der Waals surface area contributed by atoms with E-state index in [2.05, 4.69) is 53.2 Å². The van der Waals surface area contributed by atoms with Crippen molar-refractivity contribution in [1.82, 2.24) is 0 Å². The van der Waals surface area contributed by atoms with Gasteiger partial charge in [0.2, 0.25) is 0 Å². The number of anilines is 1. The molecule has 0 unspecified atom stereocenters. The van der Waals surface area contributed by atoms with Crippen molar-refractivity contribution in [3.8, 4) is 0 Å². The van der Waals surface area contributed by atoms with Crippen LogP contribution in [0, 0.1) is 0 Å². The van der Waals surface area contributed by atoms with E-state index in [1.54, 1.807) is 18.0 Å². The highest BCUT2D eigenvalue weighted by atomic mass is 32.2. The smallest absolute Gasteiger partial charge is 0.190 e. The van der Waals surface area contributed by atoms with Gasteiger partial charge in [-0.15, -0.1) is 5.10 Å². The molecule has 0 amide bonds. The molecule has 1 saturated heterocycles. The van der Waals surface area contributed by atoms with E-state index in [9.17, 15) is 0 Å². The summed E-state index contributed by atoms with van der Waals surface area (Å²) in [4.78, 5) is 2.27. The van der Waals surface area contributed by atoms with Crippen LogP contribution in [0.1, 0.15) is 32.3 Å². The Balaban J connectivity index is 2.36. The van der Waals surface area contributed by atoms with Crippen LogP contribution in [-0.4, -0.2) is 23.7 Å². The number of hydrogen-bond acceptors (Lipinski definition) is 3. The Bertz CT molecular complexity index is 466. The summed E-state index contributed by atoms with van der Waals surface area (Å²) in [5, 5.41) is 9.28. The number of amidine groups is 1. The molecular weight excluding hydrogens is 242 g/mol. The molecule has 1 fully saturated rings. The summed E-state index contributed by atoms with van der Waals surface area (Å²) in [5.41, 5.74) is 2.63. The maximum absolute atomic E-state index is 4.27. The number of nitrogens with zero attached hydrogens (tertiary/aromatic N) is 3. The maximum Gasteiger partial charge on any atom is 0.190 e. The van der Waals surface area contributed by atoms with E-state index in [-0.39, 0.29) is 0 Å². The molecule has 96 valence electrons. The van der Waals surface area contributed by atoms with Crippen molar-refractivity contribution in [3.63, 3.8) is 0 Å². The third-order valence-electron chi connectivity index (χ3n) is 2.89. The second-order valence-corrected chi connectivity index (χ2v) is 5.53. The van der Waals surface area contributed by atoms with Gasteiger partial charge < -0.3 is 4.90 Å². The number of para-hydroxylation sites is 1. The summed E-state index contributed by atoms with van der Waals surface area (Å²) in [6.07, 6.45) is 1.72. The molecule has 1 aromatic rings. The first-order valence-corrected chi connectivity index (χ1v) is 7.27. The van der Waals surface area contributed by atoms with Gasteiger partial charge in [-0.25, -0.2) is 0 Å². The second kappa shape index (κ2) is 6.05. The minimum absolute atomic E-state index is 0.516. The number of thioether (sulfide) groups is 1. The molecule has 0 aliphatic carbocycles. The second-order valence-electron chi connectivity index (χ2n) is 4.47. The zero-order valence-electron chi connectivity index (χ0n) is 11.1. The van der Waals surface area contributed by atoms with Crippen LogP contribution >= 0.6 is 11.8 Å². The average Bonchev–Trinajstić information content (AvgIpc) is 2.84. The Morgan fingerprint density at radius 2 is 2.11 bits per heavy atom. The Labute approximate surface area is 113 Å². The Hall–Kier alpha value is -1.29. The predicted octanol–water partition coefficient (Wildman–Crippen LogP) is 3.72. The van der Waals surface area contributed by atoms with Crippen LogP contribution in [0.5, 0.6) is 0 Å². The third-order valence-corrected chi connectivity index (χ3v) is 3.83. The molecule has 18 heavy (non-hydrogen) atoms. The fourth-order valence-corrected chi connectivity index (χ4v) is 2.94. The van der Waals surface area contributed by atoms with E-state index in [1.807, 2.05) is 6.92 Å². The van der Waals surface area contributed by atoms with Crippen LogP contribution in [0.4, 0.5) is 5.69 Å². The van der Waals surface area contributed by atoms with Gasteiger partial charge in [0.05, 0.1) is 0 Å². The van der Waals surface area contributed by atoms with E-state index in [0.29, 0.717) is 5.92 Å². The van der Waals surface area contributed by atoms with Crippen molar-refractivity contribution in [2.45, 2.75) is 26.7 Å². The number of benzene rings is 1. The quantitative estimate of drug-likeness (QED) is 0.612. The molecule has 1 heterocycles. The number of rotatable bonds is 3. The normalized spacial score (nSPS) is 18.4. The van der Waals surface area contributed by atoms with Gasteiger partial charge in [-0.1, -0.05) is 43.8 Å². The van der Waals surface area contributed by atoms with Crippen LogP contribution in [0.25, 0.3) is 0 Å². The standard InChI is InChI=1S/C14H19N3S/c1-4-15-16-14-17(9-10-18-14)13-8-6-5-7-12(13)11(2)3/h4-8,11H,9-10H2,1-3H3/b15-4+,16-14-. The Morgan fingerprint density at radius 1 is 1.33 bits per heavy atom. The van der Waals surface area contributed by atoms with Gasteiger partial charge in [-0.3, -0.25) is 0 Å². The summed E-state index contributed by atoms with van der Waals surface area (Å²) in [5.74, 6) is 1.59. The van der Waals surface area contributed by atoms with Gasteiger partial charge in [-0.05, 0) is 24.5 Å². The summed E-state index contributed by atoms with van der Waals surface area (Å²) < 4.78 is 0. The van der Waals surface area contributed by atoms with Crippen LogP contribution in [0.2, 0.25) is 0 Å². The van der Waals surface area contributed by atoms with Crippen molar-refractivity contribution >= 4 is 28.8 Å². The van der Waals surface area contributed by atoms with Gasteiger partial charge in [0, 0.05) is 24.2 Å². The molecule has 1 aliphatic heterocycles. The Kier molecular flexibility index (Phi) is 4.42. The first-order valence-electron chi connectivity index (χ1n) is 6.29. The summed E-state index contributed by atoms with van der Waals surface area (Å²) in [6.45, 7) is 7.34. The summed E-state index contributed by atoms with van der Waals surface area (Å²) in [6, 6.07) is 8.56. The topological polar surface area (TPSA) is 28.0 Å². The highest BCUT2D eigenvalue weighted by Crippen LogP contribution is 2.32. The molecule has 3 nitrogen and oxygen atoms in total. The largest absolute Gasteiger partial charge is 0.318 e. The minimum Gasteiger partial charge on any atom is -0.318 e. The zero-order chi connectivity index (χ0) is 13.0. The van der Waals surface area contributed by atoms with Gasteiger partial charge in [0.1, 0.15) is 0 Å². The highest BCUT2D eigenvalue weighted by Gasteiger charge is 2.23. The summed E-state index contributed by atoms with van der Waals surface area (Å²) in [7, 11) is 0. The average molecular weight is 261 g/mol. The molecule has 0 radical (unpaired) electrons. The van der Waals surface area contributed by atoms with Crippen molar-refractivity contribution in [3.05, 3.63) is 29.8 Å². The van der Waals surface area contributed by atoms with Crippen molar-refractivity contribution in [1.29, 1.82) is 0 Å². The minimum atomic E-state index is 0.516. The molecule has 1 aliphatic rings. The first-order chi connectivity index (χ1) is 8.74. The van der Waals surface area contributed by atoms with E-state index in [1.165, 1.54) is 11.3 Å². The van der Waals surface area contributed by atoms with Crippen molar-refractivity contribution in [2.75, 3.05) is 17.2 Å². The lowest BCUT2D eigenvalue weighted by Crippen LogP contribution is -2.24. The lowest BCUT2D eigenvalue weighted by atomic mass is 10.0. The van der Waals surface area contributed by atoms with Gasteiger partial charge in [0.15, 0.2) is 5.17 Å². The molecule has 1 aromatic carbocycles. The maximum atomic E-state index is 4.27. The fourth-order valence-electron chi connectivity index (χ4n) is 2.04. The van der Waals surface area contributed by atoms with Gasteiger partial charge in [0.25, 0.3) is 0 Å². The molecule has 0 atom stereocenters. The fraction of sp³-hybridized carbons (Fsp3) is 0.429. The molecule has 0 N–H and O–H groups in total. The first kappa shape index (κ1) is 13.1. The predicted molar refractivity (Wildman–Crippen MR) is 81.9 cm³/mol. The van der Waals surface area contributed by atoms with Crippen LogP contribution in [0.3, 0.4) is 0 Å². The number of hydrogen-bond donors (Lipinski definition) is 0. The molecular formula is C14H19N3S. The van der Waals surface area contributed by atoms with Crippen molar-refractivity contribution in [2.24, 2.45) is 10.2 Å². The van der Waals surface area contributed by atoms with Gasteiger partial charge in [-0.2, -0.15) is 5.10 Å². The monoisotopic (exact) mass is 261 g/mol. The summed E-state index contributed by atoms with van der Waals surface area (Å²) >= 11 is 1.77. The van der Waals surface area contributed by atoms with E-state index < -0.39 is 0 Å². The SMILES string of the molecule is C/C=N/N=C1\SCCN1c1ccccc1C(C)C. The van der Waals surface area contributed by atoms with Crippen LogP contribution < -0.4 is 4.90 Å². The molecule has 2 rings (SSSR count). The molecule has 0 bridgehead atoms. The molecule has 0 spiro atoms. The molecule has 0 saturated carbocycles. The third kappa shape index (κ3) is 2.75. The van der Waals surface area contributed by atoms with E-state index in [4.69, 9.17) is 0 Å². The molecule has 4 heteroatoms. The van der Waals surface area contributed by atoms with E-state index >= 15 is 0 Å². The van der Waals surface area contributed by atoms with E-state index in [0.717, 1.165) is 17.5 Å². The molecule has 0 aromatic heterocycles. The highest BCUT2D eigenvalue weighted by molar-refractivity contribution is 8.14. The lowest BCUT2D eigenvalue weighted by Gasteiger charge is -2.22.